The molecule has 2 saturated heterocycles. The molecule has 4 N–H and O–H groups in total. The lowest BCUT2D eigenvalue weighted by molar-refractivity contribution is 0.264. The largest absolute Gasteiger partial charge is 0.494 e. The Balaban J connectivity index is 1.47. The number of hydrogen-bond acceptors (Lipinski definition) is 8. The van der Waals surface area contributed by atoms with Crippen LogP contribution in [-0.2, 0) is 0 Å². The number of ether oxygens (including phenoxy) is 1. The lowest BCUT2D eigenvalue weighted by atomic mass is 10.0. The summed E-state index contributed by atoms with van der Waals surface area (Å²) in [6.45, 7) is 6.04. The monoisotopic (exact) mass is 463 g/mol. The fourth-order valence-corrected chi connectivity index (χ4v) is 4.85. The molecule has 3 aromatic rings. The number of piperazine rings is 1. The van der Waals surface area contributed by atoms with Crippen LogP contribution in [0.4, 0.5) is 22.7 Å². The van der Waals surface area contributed by atoms with Crippen molar-refractivity contribution in [2.45, 2.75) is 18.9 Å². The summed E-state index contributed by atoms with van der Waals surface area (Å²) in [7, 11) is 3.84. The molecule has 0 saturated carbocycles. The highest BCUT2D eigenvalue weighted by Gasteiger charge is 2.18. The molecule has 5 rings (SSSR count). The Morgan fingerprint density at radius 3 is 2.62 bits per heavy atom. The lowest BCUT2D eigenvalue weighted by Crippen LogP contribution is -2.43. The van der Waals surface area contributed by atoms with Gasteiger partial charge in [0.15, 0.2) is 0 Å². The molecule has 0 unspecified atom stereocenters. The Labute approximate surface area is 199 Å². The highest BCUT2D eigenvalue weighted by Crippen LogP contribution is 2.35. The van der Waals surface area contributed by atoms with Gasteiger partial charge in [-0.05, 0) is 57.2 Å². The van der Waals surface area contributed by atoms with Gasteiger partial charge < -0.3 is 30.5 Å². The lowest BCUT2D eigenvalue weighted by Gasteiger charge is -2.30. The highest BCUT2D eigenvalue weighted by molar-refractivity contribution is 5.97. The Bertz CT molecular complexity index is 1200. The number of aromatic nitrogens is 2. The first-order valence-electron chi connectivity index (χ1n) is 12.0. The van der Waals surface area contributed by atoms with Gasteiger partial charge in [-0.3, -0.25) is 4.79 Å². The average molecular weight is 464 g/mol. The Morgan fingerprint density at radius 1 is 1.06 bits per heavy atom. The molecule has 9 heteroatoms. The molecule has 0 amide bonds. The van der Waals surface area contributed by atoms with Crippen LogP contribution in [0.15, 0.2) is 41.3 Å². The molecule has 0 radical (unpaired) electrons. The third-order valence-electron chi connectivity index (χ3n) is 6.79. The predicted octanol–water partition coefficient (Wildman–Crippen LogP) is 2.59. The van der Waals surface area contributed by atoms with Gasteiger partial charge in [0.25, 0.3) is 5.56 Å². The fourth-order valence-electron chi connectivity index (χ4n) is 4.85. The molecule has 2 fully saturated rings. The number of anilines is 4. The van der Waals surface area contributed by atoms with Crippen LogP contribution in [0.2, 0.25) is 0 Å². The molecule has 0 bridgehead atoms. The minimum atomic E-state index is -0.220. The summed E-state index contributed by atoms with van der Waals surface area (Å²) < 4.78 is 5.73. The smallest absolute Gasteiger partial charge is 0.274 e. The summed E-state index contributed by atoms with van der Waals surface area (Å²) in [5, 5.41) is 18.5. The van der Waals surface area contributed by atoms with E-state index in [1.54, 1.807) is 13.3 Å². The van der Waals surface area contributed by atoms with E-state index >= 15 is 0 Å². The van der Waals surface area contributed by atoms with E-state index in [4.69, 9.17) is 4.74 Å². The van der Waals surface area contributed by atoms with Gasteiger partial charge in [-0.25, -0.2) is 5.10 Å². The summed E-state index contributed by atoms with van der Waals surface area (Å²) in [6.07, 6.45) is 3.88. The van der Waals surface area contributed by atoms with Crippen molar-refractivity contribution < 1.29 is 4.74 Å². The van der Waals surface area contributed by atoms with Gasteiger partial charge >= 0.3 is 0 Å². The van der Waals surface area contributed by atoms with E-state index in [2.05, 4.69) is 55.1 Å². The first kappa shape index (κ1) is 22.5. The number of hydrogen-bond donors (Lipinski definition) is 4. The molecule has 2 aliphatic heterocycles. The SMILES string of the molecule is COc1cc(N2CCNCC2)ccc1Nc1cc(NC2CCN(C)CC2)cc2cn[nH]c(=O)c12. The number of piperidine rings is 1. The third-order valence-corrected chi connectivity index (χ3v) is 6.79. The minimum Gasteiger partial charge on any atom is -0.494 e. The maximum absolute atomic E-state index is 12.7. The quantitative estimate of drug-likeness (QED) is 0.443. The summed E-state index contributed by atoms with van der Waals surface area (Å²) in [5.74, 6) is 0.739. The van der Waals surface area contributed by atoms with Crippen LogP contribution < -0.4 is 31.1 Å². The third kappa shape index (κ3) is 4.80. The van der Waals surface area contributed by atoms with Crippen molar-refractivity contribution in [3.8, 4) is 5.75 Å². The summed E-state index contributed by atoms with van der Waals surface area (Å²) >= 11 is 0. The topological polar surface area (TPSA) is 97.5 Å². The summed E-state index contributed by atoms with van der Waals surface area (Å²) in [5.41, 5.74) is 3.43. The van der Waals surface area contributed by atoms with Gasteiger partial charge in [0.2, 0.25) is 0 Å². The number of H-pyrrole nitrogens is 1. The molecule has 1 aromatic heterocycles. The van der Waals surface area contributed by atoms with E-state index in [1.807, 2.05) is 18.2 Å². The van der Waals surface area contributed by atoms with Gasteiger partial charge in [-0.1, -0.05) is 0 Å². The molecular formula is C25H33N7O2. The molecule has 2 aromatic carbocycles. The molecular weight excluding hydrogens is 430 g/mol. The molecule has 34 heavy (non-hydrogen) atoms. The van der Waals surface area contributed by atoms with E-state index in [0.29, 0.717) is 11.4 Å². The Morgan fingerprint density at radius 2 is 1.85 bits per heavy atom. The van der Waals surface area contributed by atoms with Crippen LogP contribution in [0.3, 0.4) is 0 Å². The molecule has 2 aliphatic rings. The van der Waals surface area contributed by atoms with Crippen LogP contribution in [-0.4, -0.2) is 74.6 Å². The van der Waals surface area contributed by atoms with Gasteiger partial charge in [-0.15, -0.1) is 0 Å². The van der Waals surface area contributed by atoms with Crippen molar-refractivity contribution in [3.63, 3.8) is 0 Å². The first-order chi connectivity index (χ1) is 16.6. The van der Waals surface area contributed by atoms with Crippen molar-refractivity contribution in [2.75, 3.05) is 69.0 Å². The zero-order valence-corrected chi connectivity index (χ0v) is 19.9. The van der Waals surface area contributed by atoms with Crippen molar-refractivity contribution in [2.24, 2.45) is 0 Å². The van der Waals surface area contributed by atoms with E-state index in [0.717, 1.165) is 86.0 Å². The second-order valence-electron chi connectivity index (χ2n) is 9.16. The van der Waals surface area contributed by atoms with E-state index in [-0.39, 0.29) is 5.56 Å². The second kappa shape index (κ2) is 9.90. The van der Waals surface area contributed by atoms with Crippen molar-refractivity contribution in [1.82, 2.24) is 20.4 Å². The number of aromatic amines is 1. The number of fused-ring (bicyclic) bond motifs is 1. The molecule has 0 aliphatic carbocycles. The average Bonchev–Trinajstić information content (AvgIpc) is 2.86. The van der Waals surface area contributed by atoms with Crippen LogP contribution in [0, 0.1) is 0 Å². The number of nitrogens with one attached hydrogen (secondary N) is 4. The van der Waals surface area contributed by atoms with Gasteiger partial charge in [0, 0.05) is 55.0 Å². The first-order valence-corrected chi connectivity index (χ1v) is 12.0. The highest BCUT2D eigenvalue weighted by atomic mass is 16.5. The van der Waals surface area contributed by atoms with Crippen LogP contribution in [0.1, 0.15) is 12.8 Å². The van der Waals surface area contributed by atoms with E-state index < -0.39 is 0 Å². The maximum atomic E-state index is 12.7. The number of methoxy groups -OCH3 is 1. The van der Waals surface area contributed by atoms with E-state index in [9.17, 15) is 4.79 Å². The summed E-state index contributed by atoms with van der Waals surface area (Å²) in [4.78, 5) is 17.4. The summed E-state index contributed by atoms with van der Waals surface area (Å²) in [6, 6.07) is 10.6. The standard InChI is InChI=1S/C25H33N7O2/c1-31-9-5-18(6-10-31)28-19-13-17-16-27-30-25(33)24(17)22(14-19)29-21-4-3-20(15-23(21)34-2)32-11-7-26-8-12-32/h3-4,13-16,18,26,28-29H,5-12H2,1-2H3,(H,30,33). The zero-order valence-electron chi connectivity index (χ0n) is 19.9. The molecule has 0 atom stereocenters. The molecule has 3 heterocycles. The van der Waals surface area contributed by atoms with Crippen LogP contribution in [0.5, 0.6) is 5.75 Å². The van der Waals surface area contributed by atoms with Crippen LogP contribution >= 0.6 is 0 Å². The Hall–Kier alpha value is -3.30. The number of rotatable bonds is 6. The van der Waals surface area contributed by atoms with Crippen LogP contribution in [0.25, 0.3) is 10.8 Å². The second-order valence-corrected chi connectivity index (χ2v) is 9.16. The van der Waals surface area contributed by atoms with Crippen molar-refractivity contribution in [3.05, 3.63) is 46.9 Å². The number of nitrogens with zero attached hydrogens (tertiary/aromatic N) is 3. The van der Waals surface area contributed by atoms with Gasteiger partial charge in [0.1, 0.15) is 5.75 Å². The van der Waals surface area contributed by atoms with Gasteiger partial charge in [-0.2, -0.15) is 5.10 Å². The van der Waals surface area contributed by atoms with Gasteiger partial charge in [0.05, 0.1) is 30.1 Å². The predicted molar refractivity (Wildman–Crippen MR) is 138 cm³/mol. The number of benzene rings is 2. The molecule has 180 valence electrons. The van der Waals surface area contributed by atoms with Crippen molar-refractivity contribution in [1.29, 1.82) is 0 Å². The normalized spacial score (nSPS) is 17.6. The maximum Gasteiger partial charge on any atom is 0.274 e. The van der Waals surface area contributed by atoms with Crippen molar-refractivity contribution >= 4 is 33.5 Å². The molecule has 9 nitrogen and oxygen atoms in total. The molecule has 0 spiro atoms. The van der Waals surface area contributed by atoms with E-state index in [1.165, 1.54) is 0 Å². The Kier molecular flexibility index (Phi) is 6.55. The number of likely N-dealkylation sites (tertiary alicyclic amines) is 1. The minimum absolute atomic E-state index is 0.220. The zero-order chi connectivity index (χ0) is 23.5. The fraction of sp³-hybridized carbons (Fsp3) is 0.440.